The van der Waals surface area contributed by atoms with E-state index < -0.39 is 0 Å². The zero-order valence-electron chi connectivity index (χ0n) is 39.7. The highest BCUT2D eigenvalue weighted by molar-refractivity contribution is 6.13. The average molecular weight is 908 g/mol. The van der Waals surface area contributed by atoms with Gasteiger partial charge >= 0.3 is 0 Å². The molecule has 0 spiro atoms. The van der Waals surface area contributed by atoms with Gasteiger partial charge in [0, 0.05) is 29.1 Å². The van der Waals surface area contributed by atoms with Crippen LogP contribution in [0.4, 0.5) is 11.4 Å². The van der Waals surface area contributed by atoms with Crippen molar-refractivity contribution in [3.63, 3.8) is 0 Å². The Morgan fingerprint density at radius 1 is 0.479 bits per heavy atom. The van der Waals surface area contributed by atoms with Crippen molar-refractivity contribution in [2.24, 2.45) is 5.92 Å². The lowest BCUT2D eigenvalue weighted by Crippen LogP contribution is -2.29. The Kier molecular flexibility index (Phi) is 11.0. The molecule has 0 saturated carbocycles. The van der Waals surface area contributed by atoms with Gasteiger partial charge in [-0.05, 0) is 126 Å². The summed E-state index contributed by atoms with van der Waals surface area (Å²) in [4.78, 5) is 2.53. The Bertz CT molecular complexity index is 3520. The number of hydrogen-bond acceptors (Lipinski definition) is 1. The molecule has 0 bridgehead atoms. The summed E-state index contributed by atoms with van der Waals surface area (Å²) in [5.74, 6) is 0.842. The van der Waals surface area contributed by atoms with Crippen molar-refractivity contribution in [1.29, 1.82) is 0 Å². The third kappa shape index (κ3) is 7.94. The van der Waals surface area contributed by atoms with Crippen LogP contribution in [0.25, 0.3) is 39.0 Å². The standard InChI is InChI=1S/C70H53N/c1-5-17-49(18-6-1)52-38-41-59(42-39-52)71-67-28-16-15-26-62(67)65-47-58(40-44-68(65)71)53-32-30-50(31-33-53)51-34-36-55(37-35-51)64(54-19-7-2-8-20-54)45-48-29-43-61-60-25-13-14-27-63(60)70(66(61)46-48)69(56-21-9-3-10-22-56)57-23-11-4-12-24-57/h1-32,34-44,46-47,53,64-65,68H,33,45H2. The van der Waals surface area contributed by atoms with E-state index in [1.165, 1.54) is 106 Å². The first-order valence-electron chi connectivity index (χ1n) is 25.3. The molecule has 9 aromatic rings. The molecule has 1 aliphatic heterocycles. The largest absolute Gasteiger partial charge is 0.333 e. The molecule has 0 N–H and O–H groups in total. The monoisotopic (exact) mass is 907 g/mol. The van der Waals surface area contributed by atoms with Crippen molar-refractivity contribution in [3.8, 4) is 22.3 Å². The smallest absolute Gasteiger partial charge is 0.0629 e. The summed E-state index contributed by atoms with van der Waals surface area (Å²) in [6.07, 6.45) is 16.5. The zero-order chi connectivity index (χ0) is 47.1. The Balaban J connectivity index is 0.759. The molecule has 0 radical (unpaired) electrons. The molecule has 0 aromatic heterocycles. The number of hydrogen-bond donors (Lipinski definition) is 0. The van der Waals surface area contributed by atoms with Gasteiger partial charge < -0.3 is 4.90 Å². The highest BCUT2D eigenvalue weighted by Crippen LogP contribution is 2.51. The predicted molar refractivity (Wildman–Crippen MR) is 298 cm³/mol. The first-order chi connectivity index (χ1) is 35.2. The van der Waals surface area contributed by atoms with Gasteiger partial charge in [0.15, 0.2) is 0 Å². The van der Waals surface area contributed by atoms with Crippen molar-refractivity contribution >= 4 is 28.1 Å². The average Bonchev–Trinajstić information content (AvgIpc) is 3.96. The summed E-state index contributed by atoms with van der Waals surface area (Å²) in [6, 6.07) is 87.5. The molecule has 4 atom stereocenters. The minimum atomic E-state index is 0.196. The van der Waals surface area contributed by atoms with E-state index in [0.29, 0.717) is 11.8 Å². The van der Waals surface area contributed by atoms with Gasteiger partial charge in [-0.15, -0.1) is 0 Å². The lowest BCUT2D eigenvalue weighted by Gasteiger charge is -2.31. The maximum absolute atomic E-state index is 2.55. The summed E-state index contributed by atoms with van der Waals surface area (Å²) in [5.41, 5.74) is 24.6. The van der Waals surface area contributed by atoms with Crippen LogP contribution in [-0.2, 0) is 6.42 Å². The van der Waals surface area contributed by atoms with Gasteiger partial charge in [-0.2, -0.15) is 0 Å². The molecule has 0 saturated heterocycles. The summed E-state index contributed by atoms with van der Waals surface area (Å²) in [6.45, 7) is 0. The normalized spacial score (nSPS) is 17.7. The molecule has 0 fully saturated rings. The SMILES string of the molecule is C1=CC(C2=CC3c4ccccc4N(c4ccc(-c5ccccc5)cc4)C3C=C2)CC=C1c1ccc(C(Cc2ccc3c(c2)C(=C(c2ccccc2)c2ccccc2)c2ccccc2-3)c2ccccc2)cc1. The van der Waals surface area contributed by atoms with Gasteiger partial charge in [0.2, 0.25) is 0 Å². The molecule has 3 aliphatic carbocycles. The van der Waals surface area contributed by atoms with Crippen LogP contribution >= 0.6 is 0 Å². The molecule has 1 heterocycles. The van der Waals surface area contributed by atoms with Crippen molar-refractivity contribution in [2.75, 3.05) is 4.90 Å². The second kappa shape index (κ2) is 18.4. The summed E-state index contributed by atoms with van der Waals surface area (Å²) in [5, 5.41) is 0. The molecule has 338 valence electrons. The zero-order valence-corrected chi connectivity index (χ0v) is 39.7. The second-order valence-electron chi connectivity index (χ2n) is 19.4. The number of anilines is 2. The minimum absolute atomic E-state index is 0.196. The van der Waals surface area contributed by atoms with Crippen LogP contribution in [0.3, 0.4) is 0 Å². The van der Waals surface area contributed by atoms with Crippen LogP contribution in [0.2, 0.25) is 0 Å². The Hall–Kier alpha value is -8.52. The molecular weight excluding hydrogens is 855 g/mol. The Morgan fingerprint density at radius 2 is 1.07 bits per heavy atom. The summed E-state index contributed by atoms with van der Waals surface area (Å²) < 4.78 is 0. The van der Waals surface area contributed by atoms with Crippen molar-refractivity contribution in [1.82, 2.24) is 0 Å². The quantitative estimate of drug-likeness (QED) is 0.132. The van der Waals surface area contributed by atoms with Gasteiger partial charge in [0.05, 0.1) is 6.04 Å². The lowest BCUT2D eigenvalue weighted by molar-refractivity contribution is 0.704. The fourth-order valence-corrected chi connectivity index (χ4v) is 11.9. The van der Waals surface area contributed by atoms with Crippen LogP contribution in [0, 0.1) is 5.92 Å². The second-order valence-corrected chi connectivity index (χ2v) is 19.4. The van der Waals surface area contributed by atoms with Crippen LogP contribution < -0.4 is 4.90 Å². The lowest BCUT2D eigenvalue weighted by atomic mass is 9.80. The van der Waals surface area contributed by atoms with Gasteiger partial charge in [-0.25, -0.2) is 0 Å². The van der Waals surface area contributed by atoms with E-state index in [1.54, 1.807) is 0 Å². The minimum Gasteiger partial charge on any atom is -0.333 e. The number of fused-ring (bicyclic) bond motifs is 6. The molecule has 4 unspecified atom stereocenters. The van der Waals surface area contributed by atoms with Gasteiger partial charge in [0.1, 0.15) is 0 Å². The van der Waals surface area contributed by atoms with E-state index in [0.717, 1.165) is 12.8 Å². The molecule has 4 aliphatic rings. The van der Waals surface area contributed by atoms with E-state index in [4.69, 9.17) is 0 Å². The maximum Gasteiger partial charge on any atom is 0.0629 e. The molecule has 1 heteroatoms. The number of benzene rings is 9. The van der Waals surface area contributed by atoms with Crippen molar-refractivity contribution in [3.05, 3.63) is 329 Å². The molecule has 71 heavy (non-hydrogen) atoms. The highest BCUT2D eigenvalue weighted by atomic mass is 15.2. The summed E-state index contributed by atoms with van der Waals surface area (Å²) in [7, 11) is 0. The number of allylic oxidation sites excluding steroid dienone is 6. The first kappa shape index (κ1) is 42.6. The molecule has 13 rings (SSSR count). The molecule has 9 aromatic carbocycles. The van der Waals surface area contributed by atoms with E-state index in [2.05, 4.69) is 278 Å². The van der Waals surface area contributed by atoms with Crippen LogP contribution in [0.5, 0.6) is 0 Å². The topological polar surface area (TPSA) is 3.24 Å². The van der Waals surface area contributed by atoms with E-state index in [1.807, 2.05) is 0 Å². The van der Waals surface area contributed by atoms with Crippen LogP contribution in [-0.4, -0.2) is 6.04 Å². The number of rotatable bonds is 10. The maximum atomic E-state index is 2.55. The van der Waals surface area contributed by atoms with E-state index in [-0.39, 0.29) is 12.0 Å². The molecule has 1 nitrogen and oxygen atoms in total. The number of nitrogens with zero attached hydrogens (tertiary/aromatic N) is 1. The van der Waals surface area contributed by atoms with Gasteiger partial charge in [-0.1, -0.05) is 255 Å². The predicted octanol–water partition coefficient (Wildman–Crippen LogP) is 17.5. The molecule has 0 amide bonds. The van der Waals surface area contributed by atoms with E-state index >= 15 is 0 Å². The van der Waals surface area contributed by atoms with E-state index in [9.17, 15) is 0 Å². The Morgan fingerprint density at radius 3 is 1.77 bits per heavy atom. The van der Waals surface area contributed by atoms with Gasteiger partial charge in [0.25, 0.3) is 0 Å². The fourth-order valence-electron chi connectivity index (χ4n) is 11.9. The third-order valence-corrected chi connectivity index (χ3v) is 15.4. The third-order valence-electron chi connectivity index (χ3n) is 15.4. The fraction of sp³-hybridized carbons (Fsp3) is 0.0857. The van der Waals surface area contributed by atoms with Crippen LogP contribution in [0.1, 0.15) is 68.3 Å². The molecular formula is C70H53N. The van der Waals surface area contributed by atoms with Crippen LogP contribution in [0.15, 0.2) is 279 Å². The van der Waals surface area contributed by atoms with Crippen molar-refractivity contribution < 1.29 is 0 Å². The number of para-hydroxylation sites is 1. The van der Waals surface area contributed by atoms with Crippen molar-refractivity contribution in [2.45, 2.75) is 30.7 Å². The van der Waals surface area contributed by atoms with Gasteiger partial charge in [-0.3, -0.25) is 0 Å². The highest BCUT2D eigenvalue weighted by Gasteiger charge is 2.39. The Labute approximate surface area is 418 Å². The summed E-state index contributed by atoms with van der Waals surface area (Å²) >= 11 is 0. The first-order valence-corrected chi connectivity index (χ1v) is 25.3.